The summed E-state index contributed by atoms with van der Waals surface area (Å²) in [5.74, 6) is 1.65. The monoisotopic (exact) mass is 247 g/mol. The SMILES string of the molecule is Nc1cc(-c2ccc3c(c2)OCCCO3)cs1. The van der Waals surface area contributed by atoms with Gasteiger partial charge >= 0.3 is 0 Å². The van der Waals surface area contributed by atoms with Crippen molar-refractivity contribution in [2.45, 2.75) is 6.42 Å². The van der Waals surface area contributed by atoms with Gasteiger partial charge in [-0.2, -0.15) is 0 Å². The van der Waals surface area contributed by atoms with E-state index in [4.69, 9.17) is 15.2 Å². The van der Waals surface area contributed by atoms with Crippen molar-refractivity contribution in [3.8, 4) is 22.6 Å². The maximum Gasteiger partial charge on any atom is 0.161 e. The predicted molar refractivity (Wildman–Crippen MR) is 69.8 cm³/mol. The zero-order valence-corrected chi connectivity index (χ0v) is 10.1. The molecule has 0 saturated heterocycles. The molecule has 1 aliphatic rings. The van der Waals surface area contributed by atoms with Crippen molar-refractivity contribution in [2.75, 3.05) is 18.9 Å². The fourth-order valence-electron chi connectivity index (χ4n) is 1.85. The highest BCUT2D eigenvalue weighted by molar-refractivity contribution is 7.14. The Morgan fingerprint density at radius 2 is 1.82 bits per heavy atom. The Morgan fingerprint density at radius 1 is 1.00 bits per heavy atom. The highest BCUT2D eigenvalue weighted by Gasteiger charge is 2.11. The number of anilines is 1. The number of hydrogen-bond donors (Lipinski definition) is 1. The molecule has 0 radical (unpaired) electrons. The fourth-order valence-corrected chi connectivity index (χ4v) is 2.51. The van der Waals surface area contributed by atoms with Gasteiger partial charge in [-0.25, -0.2) is 0 Å². The Kier molecular flexibility index (Phi) is 2.65. The van der Waals surface area contributed by atoms with Crippen LogP contribution in [-0.4, -0.2) is 13.2 Å². The maximum atomic E-state index is 5.74. The molecule has 2 aromatic rings. The van der Waals surface area contributed by atoms with Crippen molar-refractivity contribution in [2.24, 2.45) is 0 Å². The zero-order chi connectivity index (χ0) is 11.7. The summed E-state index contributed by atoms with van der Waals surface area (Å²) in [6, 6.07) is 7.99. The lowest BCUT2D eigenvalue weighted by Gasteiger charge is -2.08. The second-order valence-electron chi connectivity index (χ2n) is 3.95. The second-order valence-corrected chi connectivity index (χ2v) is 4.89. The van der Waals surface area contributed by atoms with Crippen LogP contribution in [0.3, 0.4) is 0 Å². The quantitative estimate of drug-likeness (QED) is 0.841. The van der Waals surface area contributed by atoms with Crippen LogP contribution in [0.25, 0.3) is 11.1 Å². The number of fused-ring (bicyclic) bond motifs is 1. The van der Waals surface area contributed by atoms with Crippen LogP contribution in [-0.2, 0) is 0 Å². The number of hydrogen-bond acceptors (Lipinski definition) is 4. The van der Waals surface area contributed by atoms with Crippen molar-refractivity contribution in [1.29, 1.82) is 0 Å². The van der Waals surface area contributed by atoms with E-state index in [1.807, 2.05) is 24.3 Å². The predicted octanol–water partition coefficient (Wildman–Crippen LogP) is 3.16. The molecule has 17 heavy (non-hydrogen) atoms. The van der Waals surface area contributed by atoms with E-state index in [1.165, 1.54) is 0 Å². The average Bonchev–Trinajstić information content (AvgIpc) is 2.64. The average molecular weight is 247 g/mol. The van der Waals surface area contributed by atoms with Gasteiger partial charge in [-0.1, -0.05) is 6.07 Å². The molecular formula is C13H13NO2S. The Morgan fingerprint density at radius 3 is 2.59 bits per heavy atom. The summed E-state index contributed by atoms with van der Waals surface area (Å²) in [4.78, 5) is 0. The first kappa shape index (κ1) is 10.5. The van der Waals surface area contributed by atoms with Crippen LogP contribution in [0, 0.1) is 0 Å². The van der Waals surface area contributed by atoms with Crippen LogP contribution in [0.15, 0.2) is 29.6 Å². The van der Waals surface area contributed by atoms with Gasteiger partial charge in [0.1, 0.15) is 0 Å². The molecule has 0 spiro atoms. The molecule has 88 valence electrons. The molecule has 1 aromatic carbocycles. The zero-order valence-electron chi connectivity index (χ0n) is 9.31. The molecular weight excluding hydrogens is 234 g/mol. The molecule has 3 rings (SSSR count). The van der Waals surface area contributed by atoms with Gasteiger partial charge in [0.25, 0.3) is 0 Å². The van der Waals surface area contributed by atoms with E-state index in [1.54, 1.807) is 11.3 Å². The van der Waals surface area contributed by atoms with E-state index in [0.29, 0.717) is 6.61 Å². The molecule has 0 amide bonds. The van der Waals surface area contributed by atoms with Crippen LogP contribution < -0.4 is 15.2 Å². The van der Waals surface area contributed by atoms with Gasteiger partial charge < -0.3 is 15.2 Å². The number of nitrogen functional groups attached to an aromatic ring is 1. The maximum absolute atomic E-state index is 5.74. The van der Waals surface area contributed by atoms with Crippen molar-refractivity contribution >= 4 is 16.3 Å². The van der Waals surface area contributed by atoms with E-state index < -0.39 is 0 Å². The van der Waals surface area contributed by atoms with Gasteiger partial charge in [0.2, 0.25) is 0 Å². The summed E-state index contributed by atoms with van der Waals surface area (Å²) in [7, 11) is 0. The Labute approximate surface area is 104 Å². The van der Waals surface area contributed by atoms with Gasteiger partial charge in [0, 0.05) is 11.8 Å². The Balaban J connectivity index is 2.00. The molecule has 4 heteroatoms. The molecule has 2 heterocycles. The highest BCUT2D eigenvalue weighted by atomic mass is 32.1. The number of benzene rings is 1. The third-order valence-electron chi connectivity index (χ3n) is 2.70. The molecule has 3 nitrogen and oxygen atoms in total. The largest absolute Gasteiger partial charge is 0.490 e. The lowest BCUT2D eigenvalue weighted by Crippen LogP contribution is -1.97. The summed E-state index contributed by atoms with van der Waals surface area (Å²) in [5, 5.41) is 2.88. The smallest absolute Gasteiger partial charge is 0.161 e. The minimum atomic E-state index is 0.711. The first-order valence-electron chi connectivity index (χ1n) is 5.57. The molecule has 1 aliphatic heterocycles. The number of thiophene rings is 1. The summed E-state index contributed by atoms with van der Waals surface area (Å²) in [6.45, 7) is 1.43. The molecule has 0 aliphatic carbocycles. The van der Waals surface area contributed by atoms with E-state index in [0.717, 1.165) is 40.7 Å². The Bertz CT molecular complexity index is 536. The van der Waals surface area contributed by atoms with Gasteiger partial charge in [0.05, 0.1) is 18.2 Å². The third kappa shape index (κ3) is 2.08. The molecule has 0 atom stereocenters. The van der Waals surface area contributed by atoms with Crippen LogP contribution >= 0.6 is 11.3 Å². The molecule has 2 N–H and O–H groups in total. The van der Waals surface area contributed by atoms with E-state index in [9.17, 15) is 0 Å². The Hall–Kier alpha value is -1.68. The van der Waals surface area contributed by atoms with Gasteiger partial charge in [-0.05, 0) is 29.3 Å². The van der Waals surface area contributed by atoms with E-state index in [2.05, 4.69) is 5.38 Å². The van der Waals surface area contributed by atoms with Crippen LogP contribution in [0.2, 0.25) is 0 Å². The number of rotatable bonds is 1. The van der Waals surface area contributed by atoms with Gasteiger partial charge in [-0.15, -0.1) is 11.3 Å². The molecule has 0 unspecified atom stereocenters. The normalized spacial score (nSPS) is 14.4. The lowest BCUT2D eigenvalue weighted by atomic mass is 10.1. The summed E-state index contributed by atoms with van der Waals surface area (Å²) < 4.78 is 11.3. The number of ether oxygens (including phenoxy) is 2. The van der Waals surface area contributed by atoms with E-state index in [-0.39, 0.29) is 0 Å². The number of nitrogens with two attached hydrogens (primary N) is 1. The first-order chi connectivity index (χ1) is 8.33. The van der Waals surface area contributed by atoms with Gasteiger partial charge in [-0.3, -0.25) is 0 Å². The standard InChI is InChI=1S/C13H13NO2S/c14-13-7-10(8-17-13)9-2-3-11-12(6-9)16-5-1-4-15-11/h2-3,6-8H,1,4-5,14H2. The summed E-state index contributed by atoms with van der Waals surface area (Å²) >= 11 is 1.55. The van der Waals surface area contributed by atoms with Crippen LogP contribution in [0.1, 0.15) is 6.42 Å². The minimum absolute atomic E-state index is 0.711. The van der Waals surface area contributed by atoms with Crippen molar-refractivity contribution < 1.29 is 9.47 Å². The topological polar surface area (TPSA) is 44.5 Å². The van der Waals surface area contributed by atoms with Crippen molar-refractivity contribution in [3.05, 3.63) is 29.6 Å². The lowest BCUT2D eigenvalue weighted by molar-refractivity contribution is 0.297. The minimum Gasteiger partial charge on any atom is -0.490 e. The van der Waals surface area contributed by atoms with Crippen LogP contribution in [0.4, 0.5) is 5.00 Å². The van der Waals surface area contributed by atoms with Crippen LogP contribution in [0.5, 0.6) is 11.5 Å². The van der Waals surface area contributed by atoms with E-state index >= 15 is 0 Å². The molecule has 0 bridgehead atoms. The second kappa shape index (κ2) is 4.30. The summed E-state index contributed by atoms with van der Waals surface area (Å²) in [5.41, 5.74) is 7.98. The molecule has 0 saturated carbocycles. The fraction of sp³-hybridized carbons (Fsp3) is 0.231. The molecule has 0 fully saturated rings. The third-order valence-corrected chi connectivity index (χ3v) is 3.46. The van der Waals surface area contributed by atoms with Crippen molar-refractivity contribution in [3.63, 3.8) is 0 Å². The van der Waals surface area contributed by atoms with Gasteiger partial charge in [0.15, 0.2) is 11.5 Å². The van der Waals surface area contributed by atoms with Crippen molar-refractivity contribution in [1.82, 2.24) is 0 Å². The highest BCUT2D eigenvalue weighted by Crippen LogP contribution is 2.35. The summed E-state index contributed by atoms with van der Waals surface area (Å²) in [6.07, 6.45) is 0.926. The molecule has 1 aromatic heterocycles. The first-order valence-corrected chi connectivity index (χ1v) is 6.45.